The van der Waals surface area contributed by atoms with E-state index in [1.807, 2.05) is 19.1 Å². The van der Waals surface area contributed by atoms with Gasteiger partial charge in [-0.15, -0.1) is 6.58 Å². The van der Waals surface area contributed by atoms with Crippen molar-refractivity contribution in [1.29, 1.82) is 0 Å². The molecule has 2 amide bonds. The standard InChI is InChI=1S/C15H18N2O3/c1-3-6-10(2)16-15(20)17-12-8-5-4-7-11(12)9-13(17)14(18)19/h3-5,7-8,10,13H,1,6,9H2,2H3,(H,16,20)(H,18,19). The fraction of sp³-hybridized carbons (Fsp3) is 0.333. The van der Waals surface area contributed by atoms with Crippen molar-refractivity contribution in [2.75, 3.05) is 4.90 Å². The summed E-state index contributed by atoms with van der Waals surface area (Å²) in [7, 11) is 0. The number of hydrogen-bond donors (Lipinski definition) is 2. The van der Waals surface area contributed by atoms with E-state index in [-0.39, 0.29) is 12.1 Å². The second-order valence-electron chi connectivity index (χ2n) is 4.93. The molecule has 2 atom stereocenters. The lowest BCUT2D eigenvalue weighted by Crippen LogP contribution is -2.50. The van der Waals surface area contributed by atoms with E-state index in [4.69, 9.17) is 0 Å². The van der Waals surface area contributed by atoms with E-state index in [1.54, 1.807) is 18.2 Å². The van der Waals surface area contributed by atoms with Gasteiger partial charge >= 0.3 is 12.0 Å². The smallest absolute Gasteiger partial charge is 0.327 e. The number of nitrogens with one attached hydrogen (secondary N) is 1. The summed E-state index contributed by atoms with van der Waals surface area (Å²) in [5.74, 6) is -0.993. The van der Waals surface area contributed by atoms with Crippen molar-refractivity contribution in [3.8, 4) is 0 Å². The van der Waals surface area contributed by atoms with Crippen molar-refractivity contribution < 1.29 is 14.7 Å². The van der Waals surface area contributed by atoms with Gasteiger partial charge in [-0.1, -0.05) is 24.3 Å². The predicted octanol–water partition coefficient (Wildman–Crippen LogP) is 2.18. The second kappa shape index (κ2) is 5.77. The van der Waals surface area contributed by atoms with Gasteiger partial charge in [0.05, 0.1) is 0 Å². The van der Waals surface area contributed by atoms with Crippen LogP contribution in [0.5, 0.6) is 0 Å². The Morgan fingerprint density at radius 3 is 2.90 bits per heavy atom. The number of rotatable bonds is 4. The van der Waals surface area contributed by atoms with Gasteiger partial charge in [-0.25, -0.2) is 9.59 Å². The minimum atomic E-state index is -0.993. The quantitative estimate of drug-likeness (QED) is 0.827. The summed E-state index contributed by atoms with van der Waals surface area (Å²) in [6, 6.07) is 5.97. The summed E-state index contributed by atoms with van der Waals surface area (Å²) in [5.41, 5.74) is 1.55. The molecule has 0 fully saturated rings. The zero-order valence-corrected chi connectivity index (χ0v) is 11.4. The van der Waals surface area contributed by atoms with Crippen molar-refractivity contribution in [1.82, 2.24) is 5.32 Å². The second-order valence-corrected chi connectivity index (χ2v) is 4.93. The van der Waals surface area contributed by atoms with Crippen LogP contribution in [-0.2, 0) is 11.2 Å². The van der Waals surface area contributed by atoms with Crippen LogP contribution in [0.3, 0.4) is 0 Å². The molecule has 1 aliphatic rings. The Hall–Kier alpha value is -2.30. The average Bonchev–Trinajstić information content (AvgIpc) is 2.78. The molecule has 0 bridgehead atoms. The SMILES string of the molecule is C=CCC(C)NC(=O)N1c2ccccc2CC1C(=O)O. The minimum Gasteiger partial charge on any atom is -0.480 e. The third-order valence-corrected chi connectivity index (χ3v) is 3.37. The maximum atomic E-state index is 12.3. The van der Waals surface area contributed by atoms with Gasteiger partial charge in [0.2, 0.25) is 0 Å². The van der Waals surface area contributed by atoms with Crippen molar-refractivity contribution in [3.05, 3.63) is 42.5 Å². The van der Waals surface area contributed by atoms with Crippen LogP contribution >= 0.6 is 0 Å². The van der Waals surface area contributed by atoms with Gasteiger partial charge in [-0.2, -0.15) is 0 Å². The van der Waals surface area contributed by atoms with Crippen molar-refractivity contribution >= 4 is 17.7 Å². The van der Waals surface area contributed by atoms with Crippen molar-refractivity contribution in [3.63, 3.8) is 0 Å². The maximum absolute atomic E-state index is 12.3. The fourth-order valence-corrected chi connectivity index (χ4v) is 2.42. The molecular weight excluding hydrogens is 256 g/mol. The summed E-state index contributed by atoms with van der Waals surface area (Å²) < 4.78 is 0. The summed E-state index contributed by atoms with van der Waals surface area (Å²) in [6.45, 7) is 5.48. The van der Waals surface area contributed by atoms with Crippen LogP contribution in [0.2, 0.25) is 0 Å². The van der Waals surface area contributed by atoms with Crippen molar-refractivity contribution in [2.45, 2.75) is 31.8 Å². The molecule has 2 unspecified atom stereocenters. The first kappa shape index (κ1) is 14.1. The Morgan fingerprint density at radius 1 is 1.55 bits per heavy atom. The molecule has 5 nitrogen and oxygen atoms in total. The molecule has 0 aliphatic carbocycles. The van der Waals surface area contributed by atoms with E-state index in [9.17, 15) is 14.7 Å². The lowest BCUT2D eigenvalue weighted by molar-refractivity contribution is -0.138. The molecule has 1 aromatic rings. The summed E-state index contributed by atoms with van der Waals surface area (Å²) in [6.07, 6.45) is 2.70. The Kier molecular flexibility index (Phi) is 4.08. The molecule has 0 saturated heterocycles. The molecule has 20 heavy (non-hydrogen) atoms. The topological polar surface area (TPSA) is 69.6 Å². The monoisotopic (exact) mass is 274 g/mol. The van der Waals surface area contributed by atoms with Crippen LogP contribution in [0.25, 0.3) is 0 Å². The molecule has 0 aromatic heterocycles. The molecule has 0 radical (unpaired) electrons. The largest absolute Gasteiger partial charge is 0.480 e. The number of para-hydroxylation sites is 1. The number of carboxylic acids is 1. The number of amides is 2. The van der Waals surface area contributed by atoms with E-state index in [0.29, 0.717) is 18.5 Å². The Labute approximate surface area is 117 Å². The molecule has 1 heterocycles. The van der Waals surface area contributed by atoms with E-state index in [1.165, 1.54) is 4.90 Å². The molecule has 106 valence electrons. The van der Waals surface area contributed by atoms with E-state index in [0.717, 1.165) is 5.56 Å². The van der Waals surface area contributed by atoms with Crippen LogP contribution in [0.1, 0.15) is 18.9 Å². The molecule has 5 heteroatoms. The Balaban J connectivity index is 2.24. The Morgan fingerprint density at radius 2 is 2.25 bits per heavy atom. The van der Waals surface area contributed by atoms with Gasteiger partial charge in [-0.3, -0.25) is 4.90 Å². The molecule has 0 spiro atoms. The number of carboxylic acid groups (broad SMARTS) is 1. The first-order chi connectivity index (χ1) is 9.54. The highest BCUT2D eigenvalue weighted by Crippen LogP contribution is 2.32. The summed E-state index contributed by atoms with van der Waals surface area (Å²) >= 11 is 0. The van der Waals surface area contributed by atoms with Gasteiger partial charge in [0.1, 0.15) is 6.04 Å². The number of hydrogen-bond acceptors (Lipinski definition) is 2. The molecule has 1 aliphatic heterocycles. The van der Waals surface area contributed by atoms with E-state index in [2.05, 4.69) is 11.9 Å². The first-order valence-electron chi connectivity index (χ1n) is 6.56. The van der Waals surface area contributed by atoms with Crippen molar-refractivity contribution in [2.24, 2.45) is 0 Å². The Bertz CT molecular complexity index is 542. The van der Waals surface area contributed by atoms with Crippen LogP contribution < -0.4 is 10.2 Å². The number of fused-ring (bicyclic) bond motifs is 1. The van der Waals surface area contributed by atoms with Crippen LogP contribution in [0.15, 0.2) is 36.9 Å². The molecule has 0 saturated carbocycles. The highest BCUT2D eigenvalue weighted by molar-refractivity contribution is 6.01. The minimum absolute atomic E-state index is 0.0813. The zero-order chi connectivity index (χ0) is 14.7. The summed E-state index contributed by atoms with van der Waals surface area (Å²) in [4.78, 5) is 25.0. The van der Waals surface area contributed by atoms with E-state index >= 15 is 0 Å². The van der Waals surface area contributed by atoms with Gasteiger partial charge in [0.25, 0.3) is 0 Å². The number of carbonyl (C=O) groups excluding carboxylic acids is 1. The number of benzene rings is 1. The number of carbonyl (C=O) groups is 2. The molecule has 2 rings (SSSR count). The normalized spacial score (nSPS) is 18.2. The molecule has 1 aromatic carbocycles. The van der Waals surface area contributed by atoms with Gasteiger partial charge < -0.3 is 10.4 Å². The third kappa shape index (κ3) is 2.66. The van der Waals surface area contributed by atoms with E-state index < -0.39 is 12.0 Å². The van der Waals surface area contributed by atoms with Crippen LogP contribution in [0, 0.1) is 0 Å². The lowest BCUT2D eigenvalue weighted by atomic mass is 10.1. The zero-order valence-electron chi connectivity index (χ0n) is 11.4. The highest BCUT2D eigenvalue weighted by Gasteiger charge is 2.38. The number of urea groups is 1. The van der Waals surface area contributed by atoms with Crippen LogP contribution in [-0.4, -0.2) is 29.2 Å². The van der Waals surface area contributed by atoms with Gasteiger partial charge in [0.15, 0.2) is 0 Å². The summed E-state index contributed by atoms with van der Waals surface area (Å²) in [5, 5.41) is 12.1. The number of anilines is 1. The average molecular weight is 274 g/mol. The van der Waals surface area contributed by atoms with Gasteiger partial charge in [-0.05, 0) is 25.0 Å². The highest BCUT2D eigenvalue weighted by atomic mass is 16.4. The molecular formula is C15H18N2O3. The number of aliphatic carboxylic acids is 1. The fourth-order valence-electron chi connectivity index (χ4n) is 2.42. The first-order valence-corrected chi connectivity index (χ1v) is 6.56. The predicted molar refractivity (Wildman–Crippen MR) is 76.9 cm³/mol. The third-order valence-electron chi connectivity index (χ3n) is 3.37. The number of nitrogens with zero attached hydrogens (tertiary/aromatic N) is 1. The lowest BCUT2D eigenvalue weighted by Gasteiger charge is -2.25. The molecule has 2 N–H and O–H groups in total. The van der Waals surface area contributed by atoms with Gasteiger partial charge in [0, 0.05) is 18.2 Å². The maximum Gasteiger partial charge on any atom is 0.327 e. The van der Waals surface area contributed by atoms with Crippen LogP contribution in [0.4, 0.5) is 10.5 Å².